The molecule has 0 unspecified atom stereocenters. The van der Waals surface area contributed by atoms with Gasteiger partial charge in [0.1, 0.15) is 19.0 Å². The van der Waals surface area contributed by atoms with Gasteiger partial charge < -0.3 is 14.4 Å². The van der Waals surface area contributed by atoms with E-state index >= 15 is 0 Å². The highest BCUT2D eigenvalue weighted by Gasteiger charge is 2.21. The molecule has 22 heavy (non-hydrogen) atoms. The average molecular weight is 302 g/mol. The molecule has 118 valence electrons. The Bertz CT molecular complexity index is 531. The van der Waals surface area contributed by atoms with Gasteiger partial charge in [-0.2, -0.15) is 0 Å². The number of rotatable bonds is 6. The fraction of sp³-hybridized carbons (Fsp3) is 0.471. The highest BCUT2D eigenvalue weighted by Crippen LogP contribution is 2.20. The van der Waals surface area contributed by atoms with Gasteiger partial charge in [0.05, 0.1) is 0 Å². The Balaban J connectivity index is 1.88. The maximum Gasteiger partial charge on any atom is 0.248 e. The summed E-state index contributed by atoms with van der Waals surface area (Å²) in [5.74, 6) is 3.37. The fourth-order valence-electron chi connectivity index (χ4n) is 2.51. The SMILES string of the molecule is C#CCOc1ccccc1CN1CCN(C(=O)COC)CC1. The number of methoxy groups -OCH3 is 1. The summed E-state index contributed by atoms with van der Waals surface area (Å²) in [6.07, 6.45) is 5.25. The predicted octanol–water partition coefficient (Wildman–Crippen LogP) is 0.989. The maximum atomic E-state index is 11.8. The third kappa shape index (κ3) is 4.48. The van der Waals surface area contributed by atoms with Crippen LogP contribution in [0.5, 0.6) is 5.75 Å². The molecule has 1 aliphatic rings. The Kier molecular flexibility index (Phi) is 6.26. The summed E-state index contributed by atoms with van der Waals surface area (Å²) in [4.78, 5) is 15.9. The summed E-state index contributed by atoms with van der Waals surface area (Å²) >= 11 is 0. The molecule has 0 bridgehead atoms. The second-order valence-electron chi connectivity index (χ2n) is 5.19. The second-order valence-corrected chi connectivity index (χ2v) is 5.19. The van der Waals surface area contributed by atoms with E-state index in [9.17, 15) is 4.79 Å². The first-order valence-electron chi connectivity index (χ1n) is 7.38. The van der Waals surface area contributed by atoms with Gasteiger partial charge in [0.15, 0.2) is 0 Å². The zero-order valence-corrected chi connectivity index (χ0v) is 13.0. The molecule has 0 radical (unpaired) electrons. The smallest absolute Gasteiger partial charge is 0.248 e. The molecule has 1 heterocycles. The number of terminal acetylenes is 1. The van der Waals surface area contributed by atoms with Crippen molar-refractivity contribution in [1.82, 2.24) is 9.80 Å². The molecular weight excluding hydrogens is 280 g/mol. The highest BCUT2D eigenvalue weighted by atomic mass is 16.5. The zero-order valence-electron chi connectivity index (χ0n) is 13.0. The molecule has 0 atom stereocenters. The van der Waals surface area contributed by atoms with Crippen molar-refractivity contribution in [3.63, 3.8) is 0 Å². The van der Waals surface area contributed by atoms with Crippen LogP contribution in [0.3, 0.4) is 0 Å². The first-order chi connectivity index (χ1) is 10.7. The Morgan fingerprint density at radius 2 is 2.00 bits per heavy atom. The summed E-state index contributed by atoms with van der Waals surface area (Å²) in [5, 5.41) is 0. The van der Waals surface area contributed by atoms with Crippen LogP contribution in [-0.2, 0) is 16.1 Å². The number of carbonyl (C=O) groups is 1. The summed E-state index contributed by atoms with van der Waals surface area (Å²) < 4.78 is 10.5. The van der Waals surface area contributed by atoms with Gasteiger partial charge >= 0.3 is 0 Å². The van der Waals surface area contributed by atoms with Gasteiger partial charge in [-0.25, -0.2) is 0 Å². The normalized spacial score (nSPS) is 15.4. The molecule has 0 saturated carbocycles. The molecule has 0 aromatic heterocycles. The van der Waals surface area contributed by atoms with Gasteiger partial charge in [-0.05, 0) is 6.07 Å². The van der Waals surface area contributed by atoms with E-state index in [2.05, 4.69) is 10.8 Å². The number of carbonyl (C=O) groups excluding carboxylic acids is 1. The highest BCUT2D eigenvalue weighted by molar-refractivity contribution is 5.77. The molecule has 1 aliphatic heterocycles. The fourth-order valence-corrected chi connectivity index (χ4v) is 2.51. The molecular formula is C17H22N2O3. The molecule has 0 spiro atoms. The number of hydrogen-bond acceptors (Lipinski definition) is 4. The van der Waals surface area contributed by atoms with Gasteiger partial charge in [-0.3, -0.25) is 9.69 Å². The van der Waals surface area contributed by atoms with Gasteiger partial charge in [0.2, 0.25) is 5.91 Å². The molecule has 1 saturated heterocycles. The Labute approximate surface area is 131 Å². The van der Waals surface area contributed by atoms with Gasteiger partial charge in [-0.1, -0.05) is 24.1 Å². The van der Waals surface area contributed by atoms with Crippen LogP contribution < -0.4 is 4.74 Å². The number of hydrogen-bond donors (Lipinski definition) is 0. The van der Waals surface area contributed by atoms with Crippen molar-refractivity contribution in [2.75, 3.05) is 46.5 Å². The van der Waals surface area contributed by atoms with E-state index in [1.54, 1.807) is 7.11 Å². The molecule has 1 amide bonds. The Morgan fingerprint density at radius 3 is 2.68 bits per heavy atom. The number of nitrogens with zero attached hydrogens (tertiary/aromatic N) is 2. The maximum absolute atomic E-state index is 11.8. The molecule has 2 rings (SSSR count). The predicted molar refractivity (Wildman–Crippen MR) is 84.5 cm³/mol. The lowest BCUT2D eigenvalue weighted by Crippen LogP contribution is -2.49. The molecule has 0 N–H and O–H groups in total. The van der Waals surface area contributed by atoms with Crippen LogP contribution in [0.15, 0.2) is 24.3 Å². The van der Waals surface area contributed by atoms with Gasteiger partial charge in [-0.15, -0.1) is 6.42 Å². The minimum Gasteiger partial charge on any atom is -0.481 e. The second kappa shape index (κ2) is 8.42. The number of para-hydroxylation sites is 1. The van der Waals surface area contributed by atoms with Crippen molar-refractivity contribution in [2.45, 2.75) is 6.54 Å². The van der Waals surface area contributed by atoms with E-state index in [0.717, 1.165) is 44.0 Å². The lowest BCUT2D eigenvalue weighted by Gasteiger charge is -2.34. The van der Waals surface area contributed by atoms with E-state index in [0.29, 0.717) is 0 Å². The summed E-state index contributed by atoms with van der Waals surface area (Å²) in [7, 11) is 1.54. The van der Waals surface area contributed by atoms with Crippen molar-refractivity contribution >= 4 is 5.91 Å². The molecule has 1 aromatic carbocycles. The van der Waals surface area contributed by atoms with E-state index < -0.39 is 0 Å². The molecule has 0 aliphatic carbocycles. The van der Waals surface area contributed by atoms with Gasteiger partial charge in [0, 0.05) is 45.4 Å². The quantitative estimate of drug-likeness (QED) is 0.735. The Morgan fingerprint density at radius 1 is 1.27 bits per heavy atom. The summed E-state index contributed by atoms with van der Waals surface area (Å²) in [6.45, 7) is 4.38. The van der Waals surface area contributed by atoms with Crippen molar-refractivity contribution in [3.05, 3.63) is 29.8 Å². The van der Waals surface area contributed by atoms with E-state index in [4.69, 9.17) is 15.9 Å². The van der Waals surface area contributed by atoms with E-state index in [1.807, 2.05) is 29.2 Å². The molecule has 1 fully saturated rings. The summed E-state index contributed by atoms with van der Waals surface area (Å²) in [5.41, 5.74) is 1.12. The monoisotopic (exact) mass is 302 g/mol. The van der Waals surface area contributed by atoms with E-state index in [1.165, 1.54) is 0 Å². The number of ether oxygens (including phenoxy) is 2. The first-order valence-corrected chi connectivity index (χ1v) is 7.38. The van der Waals surface area contributed by atoms with Gasteiger partial charge in [0.25, 0.3) is 0 Å². The number of piperazine rings is 1. The lowest BCUT2D eigenvalue weighted by atomic mass is 10.1. The van der Waals surface area contributed by atoms with Crippen LogP contribution in [-0.4, -0.2) is 62.2 Å². The molecule has 1 aromatic rings. The van der Waals surface area contributed by atoms with Crippen LogP contribution >= 0.6 is 0 Å². The minimum absolute atomic E-state index is 0.0555. The van der Waals surface area contributed by atoms with Crippen LogP contribution in [0, 0.1) is 12.3 Å². The first kappa shape index (κ1) is 16.3. The third-order valence-electron chi connectivity index (χ3n) is 3.67. The Hall–Kier alpha value is -2.03. The number of benzene rings is 1. The van der Waals surface area contributed by atoms with E-state index in [-0.39, 0.29) is 19.1 Å². The molecule has 5 nitrogen and oxygen atoms in total. The lowest BCUT2D eigenvalue weighted by molar-refractivity contribution is -0.136. The van der Waals surface area contributed by atoms with Crippen molar-refractivity contribution in [3.8, 4) is 18.1 Å². The van der Waals surface area contributed by atoms with Crippen molar-refractivity contribution in [2.24, 2.45) is 0 Å². The topological polar surface area (TPSA) is 42.0 Å². The third-order valence-corrected chi connectivity index (χ3v) is 3.67. The largest absolute Gasteiger partial charge is 0.481 e. The summed E-state index contributed by atoms with van der Waals surface area (Å²) in [6, 6.07) is 7.92. The molecule has 5 heteroatoms. The standard InChI is InChI=1S/C17H22N2O3/c1-3-12-22-16-7-5-4-6-15(16)13-18-8-10-19(11-9-18)17(20)14-21-2/h1,4-7H,8-14H2,2H3. The van der Waals surface area contributed by atoms with Crippen molar-refractivity contribution < 1.29 is 14.3 Å². The zero-order chi connectivity index (χ0) is 15.8. The number of amides is 1. The van der Waals surface area contributed by atoms with Crippen LogP contribution in [0.2, 0.25) is 0 Å². The average Bonchev–Trinajstić information content (AvgIpc) is 2.55. The van der Waals surface area contributed by atoms with Crippen LogP contribution in [0.25, 0.3) is 0 Å². The van der Waals surface area contributed by atoms with Crippen LogP contribution in [0.4, 0.5) is 0 Å². The van der Waals surface area contributed by atoms with Crippen LogP contribution in [0.1, 0.15) is 5.56 Å². The minimum atomic E-state index is 0.0555. The van der Waals surface area contributed by atoms with Crippen molar-refractivity contribution in [1.29, 1.82) is 0 Å².